The topological polar surface area (TPSA) is 21.7 Å². The summed E-state index contributed by atoms with van der Waals surface area (Å²) in [5.74, 6) is 1.62. The van der Waals surface area contributed by atoms with Crippen molar-refractivity contribution in [1.82, 2.24) is 4.90 Å². The molecule has 1 aromatic carbocycles. The summed E-state index contributed by atoms with van der Waals surface area (Å²) in [5, 5.41) is 0. The van der Waals surface area contributed by atoms with Crippen LogP contribution in [0.1, 0.15) is 43.7 Å². The van der Waals surface area contributed by atoms with Crippen LogP contribution in [0.2, 0.25) is 0 Å². The van der Waals surface area contributed by atoms with Gasteiger partial charge in [0.05, 0.1) is 14.2 Å². The van der Waals surface area contributed by atoms with E-state index >= 15 is 0 Å². The lowest BCUT2D eigenvalue weighted by atomic mass is 9.83. The number of rotatable bonds is 3. The van der Waals surface area contributed by atoms with E-state index in [1.807, 2.05) is 6.07 Å². The second kappa shape index (κ2) is 6.10. The summed E-state index contributed by atoms with van der Waals surface area (Å²) in [7, 11) is 3.38. The molecule has 0 saturated carbocycles. The molecule has 3 nitrogen and oxygen atoms in total. The number of ether oxygens (including phenoxy) is 2. The summed E-state index contributed by atoms with van der Waals surface area (Å²) >= 11 is 0. The lowest BCUT2D eigenvalue weighted by Gasteiger charge is -2.46. The third kappa shape index (κ3) is 2.80. The van der Waals surface area contributed by atoms with Crippen LogP contribution in [0.5, 0.6) is 11.5 Å². The van der Waals surface area contributed by atoms with Crippen molar-refractivity contribution < 1.29 is 9.47 Å². The summed E-state index contributed by atoms with van der Waals surface area (Å²) < 4.78 is 10.8. The number of hydrogen-bond donors (Lipinski definition) is 0. The first-order valence-corrected chi connectivity index (χ1v) is 7.87. The molecular weight excluding hydrogens is 262 g/mol. The summed E-state index contributed by atoms with van der Waals surface area (Å²) in [6.45, 7) is 5.48. The molecule has 0 spiro atoms. The summed E-state index contributed by atoms with van der Waals surface area (Å²) in [6, 6.07) is 7.45. The highest BCUT2D eigenvalue weighted by atomic mass is 16.5. The molecule has 3 rings (SSSR count). The number of hydrogen-bond acceptors (Lipinski definition) is 3. The Bertz CT molecular complexity index is 526. The molecule has 2 saturated heterocycles. The van der Waals surface area contributed by atoms with Crippen molar-refractivity contribution in [2.24, 2.45) is 0 Å². The highest BCUT2D eigenvalue weighted by Crippen LogP contribution is 2.42. The van der Waals surface area contributed by atoms with E-state index in [4.69, 9.17) is 9.47 Å². The van der Waals surface area contributed by atoms with E-state index in [0.717, 1.165) is 17.9 Å². The average Bonchev–Trinajstić information content (AvgIpc) is 2.53. The first-order valence-electron chi connectivity index (χ1n) is 7.87. The molecule has 0 radical (unpaired) electrons. The molecule has 3 heteroatoms. The molecule has 21 heavy (non-hydrogen) atoms. The fourth-order valence-corrected chi connectivity index (χ4v) is 3.83. The van der Waals surface area contributed by atoms with Crippen LogP contribution in [0.25, 0.3) is 0 Å². The lowest BCUT2D eigenvalue weighted by Crippen LogP contribution is -2.45. The second-order valence-electron chi connectivity index (χ2n) is 6.18. The van der Waals surface area contributed by atoms with Crippen LogP contribution < -0.4 is 9.47 Å². The van der Waals surface area contributed by atoms with Crippen molar-refractivity contribution in [1.29, 1.82) is 0 Å². The van der Waals surface area contributed by atoms with E-state index in [9.17, 15) is 0 Å². The highest BCUT2D eigenvalue weighted by Gasteiger charge is 2.34. The number of benzene rings is 1. The zero-order chi connectivity index (χ0) is 14.8. The van der Waals surface area contributed by atoms with Crippen LogP contribution in [0, 0.1) is 0 Å². The zero-order valence-electron chi connectivity index (χ0n) is 13.1. The van der Waals surface area contributed by atoms with Gasteiger partial charge in [0.1, 0.15) is 0 Å². The van der Waals surface area contributed by atoms with Crippen molar-refractivity contribution in [2.45, 2.75) is 44.2 Å². The molecule has 2 atom stereocenters. The molecule has 114 valence electrons. The quantitative estimate of drug-likeness (QED) is 0.786. The SMILES string of the molecule is C=C1C[C@H]2CCCCN2[C@H](c2ccc(OC)c(OC)c2)C1. The predicted octanol–water partition coefficient (Wildman–Crippen LogP) is 3.95. The van der Waals surface area contributed by atoms with Gasteiger partial charge in [0, 0.05) is 12.1 Å². The van der Waals surface area contributed by atoms with Gasteiger partial charge in [0.15, 0.2) is 11.5 Å². The van der Waals surface area contributed by atoms with Gasteiger partial charge in [-0.25, -0.2) is 0 Å². The Morgan fingerprint density at radius 1 is 1.10 bits per heavy atom. The number of methoxy groups -OCH3 is 2. The molecule has 0 unspecified atom stereocenters. The van der Waals surface area contributed by atoms with E-state index in [2.05, 4.69) is 23.6 Å². The highest BCUT2D eigenvalue weighted by molar-refractivity contribution is 5.44. The number of piperidine rings is 2. The molecule has 2 aliphatic heterocycles. The smallest absolute Gasteiger partial charge is 0.161 e. The Morgan fingerprint density at radius 3 is 2.67 bits per heavy atom. The normalized spacial score (nSPS) is 26.3. The molecule has 0 aromatic heterocycles. The van der Waals surface area contributed by atoms with Crippen LogP contribution in [0.4, 0.5) is 0 Å². The van der Waals surface area contributed by atoms with Crippen LogP contribution in [-0.4, -0.2) is 31.7 Å². The Morgan fingerprint density at radius 2 is 1.90 bits per heavy atom. The fourth-order valence-electron chi connectivity index (χ4n) is 3.83. The van der Waals surface area contributed by atoms with E-state index in [0.29, 0.717) is 12.1 Å². The van der Waals surface area contributed by atoms with Crippen LogP contribution >= 0.6 is 0 Å². The van der Waals surface area contributed by atoms with Crippen molar-refractivity contribution in [3.8, 4) is 11.5 Å². The third-order valence-electron chi connectivity index (χ3n) is 4.87. The predicted molar refractivity (Wildman–Crippen MR) is 85.0 cm³/mol. The van der Waals surface area contributed by atoms with Gasteiger partial charge in [-0.05, 0) is 49.9 Å². The Kier molecular flexibility index (Phi) is 4.20. The van der Waals surface area contributed by atoms with Crippen molar-refractivity contribution >= 4 is 0 Å². The maximum absolute atomic E-state index is 5.46. The fraction of sp³-hybridized carbons (Fsp3) is 0.556. The van der Waals surface area contributed by atoms with Gasteiger partial charge in [-0.1, -0.05) is 24.6 Å². The van der Waals surface area contributed by atoms with Gasteiger partial charge in [-0.2, -0.15) is 0 Å². The molecule has 2 fully saturated rings. The molecule has 0 amide bonds. The largest absolute Gasteiger partial charge is 0.493 e. The average molecular weight is 287 g/mol. The number of fused-ring (bicyclic) bond motifs is 1. The minimum absolute atomic E-state index is 0.441. The second-order valence-corrected chi connectivity index (χ2v) is 6.18. The molecule has 0 N–H and O–H groups in total. The standard InChI is InChI=1S/C18H25NO2/c1-13-10-15-6-4-5-9-19(15)16(11-13)14-7-8-17(20-2)18(12-14)21-3/h7-8,12,15-16H,1,4-6,9-11H2,2-3H3/t15-,16+/m1/s1. The van der Waals surface area contributed by atoms with Gasteiger partial charge in [0.25, 0.3) is 0 Å². The molecular formula is C18H25NO2. The molecule has 2 heterocycles. The van der Waals surface area contributed by atoms with E-state index in [1.165, 1.54) is 43.4 Å². The van der Waals surface area contributed by atoms with E-state index in [1.54, 1.807) is 14.2 Å². The Hall–Kier alpha value is -1.48. The van der Waals surface area contributed by atoms with Gasteiger partial charge < -0.3 is 9.47 Å². The van der Waals surface area contributed by atoms with Crippen molar-refractivity contribution in [3.05, 3.63) is 35.9 Å². The van der Waals surface area contributed by atoms with Crippen LogP contribution in [0.15, 0.2) is 30.4 Å². The Balaban J connectivity index is 1.91. The van der Waals surface area contributed by atoms with Gasteiger partial charge in [0.2, 0.25) is 0 Å². The van der Waals surface area contributed by atoms with Gasteiger partial charge in [-0.15, -0.1) is 0 Å². The van der Waals surface area contributed by atoms with Crippen molar-refractivity contribution in [3.63, 3.8) is 0 Å². The van der Waals surface area contributed by atoms with E-state index in [-0.39, 0.29) is 0 Å². The van der Waals surface area contributed by atoms with Crippen molar-refractivity contribution in [2.75, 3.05) is 20.8 Å². The molecule has 1 aromatic rings. The molecule has 0 aliphatic carbocycles. The maximum atomic E-state index is 5.46. The summed E-state index contributed by atoms with van der Waals surface area (Å²) in [6.07, 6.45) is 6.21. The maximum Gasteiger partial charge on any atom is 0.161 e. The van der Waals surface area contributed by atoms with Gasteiger partial charge >= 0.3 is 0 Å². The first-order chi connectivity index (χ1) is 10.2. The zero-order valence-corrected chi connectivity index (χ0v) is 13.1. The van der Waals surface area contributed by atoms with Crippen LogP contribution in [-0.2, 0) is 0 Å². The first kappa shape index (κ1) is 14.5. The molecule has 2 aliphatic rings. The summed E-state index contributed by atoms with van der Waals surface area (Å²) in [4.78, 5) is 2.68. The summed E-state index contributed by atoms with van der Waals surface area (Å²) in [5.41, 5.74) is 2.71. The minimum atomic E-state index is 0.441. The molecule has 0 bridgehead atoms. The van der Waals surface area contributed by atoms with Crippen LogP contribution in [0.3, 0.4) is 0 Å². The monoisotopic (exact) mass is 287 g/mol. The lowest BCUT2D eigenvalue weighted by molar-refractivity contribution is 0.0728. The third-order valence-corrected chi connectivity index (χ3v) is 4.87. The Labute approximate surface area is 127 Å². The van der Waals surface area contributed by atoms with Gasteiger partial charge in [-0.3, -0.25) is 4.90 Å². The minimum Gasteiger partial charge on any atom is -0.493 e. The van der Waals surface area contributed by atoms with E-state index < -0.39 is 0 Å². The number of nitrogens with zero attached hydrogens (tertiary/aromatic N) is 1.